The van der Waals surface area contributed by atoms with Crippen LogP contribution in [-0.4, -0.2) is 29.8 Å². The first-order chi connectivity index (χ1) is 8.54. The van der Waals surface area contributed by atoms with E-state index in [2.05, 4.69) is 0 Å². The van der Waals surface area contributed by atoms with Crippen LogP contribution in [0.1, 0.15) is 12.5 Å². The number of carbonyl (C=O) groups excluding carboxylic acids is 1. The fraction of sp³-hybridized carbons (Fsp3) is 0.333. The number of carbonyl (C=O) groups is 2. The number of ether oxygens (including phenoxy) is 1. The predicted molar refractivity (Wildman–Crippen MR) is 64.8 cm³/mol. The highest BCUT2D eigenvalue weighted by atomic mass is 16.5. The van der Waals surface area contributed by atoms with Gasteiger partial charge in [-0.1, -0.05) is 6.07 Å². The Hall–Kier alpha value is -2.08. The highest BCUT2D eigenvalue weighted by molar-refractivity contribution is 6.15. The normalized spacial score (nSPS) is 18.2. The number of hydrogen-bond donors (Lipinski definition) is 2. The van der Waals surface area contributed by atoms with Gasteiger partial charge in [-0.05, 0) is 37.6 Å². The highest BCUT2D eigenvalue weighted by Crippen LogP contribution is 2.35. The molecule has 3 N–H and O–H groups in total. The van der Waals surface area contributed by atoms with Gasteiger partial charge in [0.05, 0.1) is 5.69 Å². The Balaban J connectivity index is 2.48. The summed E-state index contributed by atoms with van der Waals surface area (Å²) < 4.78 is 5.37. The molecule has 1 aliphatic heterocycles. The van der Waals surface area contributed by atoms with Crippen molar-refractivity contribution in [3.8, 4) is 5.75 Å². The van der Waals surface area contributed by atoms with Crippen molar-refractivity contribution in [3.63, 3.8) is 0 Å². The molecule has 18 heavy (non-hydrogen) atoms. The van der Waals surface area contributed by atoms with Crippen LogP contribution in [0.25, 0.3) is 0 Å². The lowest BCUT2D eigenvalue weighted by molar-refractivity contribution is -0.124. The van der Waals surface area contributed by atoms with E-state index >= 15 is 0 Å². The number of fused-ring (bicyclic) bond motifs is 1. The second kappa shape index (κ2) is 4.66. The third-order valence-corrected chi connectivity index (χ3v) is 2.76. The first-order valence-electron chi connectivity index (χ1n) is 5.61. The van der Waals surface area contributed by atoms with Crippen LogP contribution in [0.3, 0.4) is 0 Å². The molecule has 6 heteroatoms. The molecule has 1 unspecified atom stereocenters. The first kappa shape index (κ1) is 12.4. The summed E-state index contributed by atoms with van der Waals surface area (Å²) in [6, 6.07) is 5.10. The van der Waals surface area contributed by atoms with E-state index in [9.17, 15) is 9.59 Å². The van der Waals surface area contributed by atoms with Gasteiger partial charge >= 0.3 is 6.09 Å². The molecule has 0 saturated heterocycles. The smallest absolute Gasteiger partial charge is 0.418 e. The summed E-state index contributed by atoms with van der Waals surface area (Å²) in [5, 5.41) is 9.12. The van der Waals surface area contributed by atoms with Gasteiger partial charge in [0.25, 0.3) is 5.91 Å². The maximum absolute atomic E-state index is 11.8. The fourth-order valence-corrected chi connectivity index (χ4v) is 1.90. The summed E-state index contributed by atoms with van der Waals surface area (Å²) >= 11 is 0. The van der Waals surface area contributed by atoms with Gasteiger partial charge in [-0.15, -0.1) is 0 Å². The number of nitrogens with zero attached hydrogens (tertiary/aromatic N) is 1. The minimum absolute atomic E-state index is 0.261. The van der Waals surface area contributed by atoms with Crippen molar-refractivity contribution in [2.75, 3.05) is 11.4 Å². The van der Waals surface area contributed by atoms with E-state index < -0.39 is 18.1 Å². The summed E-state index contributed by atoms with van der Waals surface area (Å²) in [4.78, 5) is 23.7. The molecule has 0 aliphatic carbocycles. The Kier molecular flexibility index (Phi) is 3.20. The van der Waals surface area contributed by atoms with E-state index in [0.29, 0.717) is 18.7 Å². The lowest BCUT2D eigenvalue weighted by atomic mass is 10.1. The van der Waals surface area contributed by atoms with Crippen molar-refractivity contribution < 1.29 is 19.4 Å². The average molecular weight is 250 g/mol. The number of amides is 2. The molecule has 0 radical (unpaired) electrons. The molecule has 0 aromatic heterocycles. The number of rotatable bonds is 2. The summed E-state index contributed by atoms with van der Waals surface area (Å²) in [7, 11) is 0. The van der Waals surface area contributed by atoms with E-state index in [1.165, 1.54) is 6.92 Å². The Bertz CT molecular complexity index is 501. The number of hydrogen-bond acceptors (Lipinski definition) is 4. The van der Waals surface area contributed by atoms with Crippen molar-refractivity contribution in [3.05, 3.63) is 23.8 Å². The van der Waals surface area contributed by atoms with E-state index in [-0.39, 0.29) is 5.69 Å². The Labute approximate surface area is 104 Å². The standard InChI is InChI=1S/C12H14N2O4/c1-7-11(15)14(12(16)17)9-6-8(4-5-13)2-3-10(9)18-7/h2-3,6-7H,4-5,13H2,1H3,(H,16,17). The van der Waals surface area contributed by atoms with Crippen molar-refractivity contribution in [1.82, 2.24) is 0 Å². The van der Waals surface area contributed by atoms with Crippen LogP contribution in [-0.2, 0) is 11.2 Å². The number of carboxylic acid groups (broad SMARTS) is 1. The average Bonchev–Trinajstić information content (AvgIpc) is 2.31. The van der Waals surface area contributed by atoms with Crippen molar-refractivity contribution >= 4 is 17.7 Å². The molecule has 1 heterocycles. The molecular formula is C12H14N2O4. The maximum Gasteiger partial charge on any atom is 0.418 e. The van der Waals surface area contributed by atoms with Gasteiger partial charge < -0.3 is 15.6 Å². The summed E-state index contributed by atoms with van der Waals surface area (Å²) in [6.45, 7) is 1.98. The Morgan fingerprint density at radius 3 is 2.89 bits per heavy atom. The van der Waals surface area contributed by atoms with E-state index in [1.807, 2.05) is 6.07 Å². The van der Waals surface area contributed by atoms with Gasteiger partial charge in [0.2, 0.25) is 0 Å². The molecule has 1 aromatic carbocycles. The van der Waals surface area contributed by atoms with Gasteiger partial charge in [-0.3, -0.25) is 4.79 Å². The zero-order valence-corrected chi connectivity index (χ0v) is 9.92. The first-order valence-corrected chi connectivity index (χ1v) is 5.61. The van der Waals surface area contributed by atoms with E-state index in [1.54, 1.807) is 12.1 Å². The third-order valence-electron chi connectivity index (χ3n) is 2.76. The van der Waals surface area contributed by atoms with Gasteiger partial charge in [0.1, 0.15) is 5.75 Å². The predicted octanol–water partition coefficient (Wildman–Crippen LogP) is 0.980. The summed E-state index contributed by atoms with van der Waals surface area (Å²) in [6.07, 6.45) is -1.49. The fourth-order valence-electron chi connectivity index (χ4n) is 1.90. The quantitative estimate of drug-likeness (QED) is 0.816. The van der Waals surface area contributed by atoms with Gasteiger partial charge in [-0.25, -0.2) is 9.69 Å². The zero-order valence-electron chi connectivity index (χ0n) is 9.92. The maximum atomic E-state index is 11.8. The van der Waals surface area contributed by atoms with Crippen LogP contribution in [0.4, 0.5) is 10.5 Å². The van der Waals surface area contributed by atoms with Crippen LogP contribution < -0.4 is 15.4 Å². The van der Waals surface area contributed by atoms with Crippen molar-refractivity contribution in [1.29, 1.82) is 0 Å². The van der Waals surface area contributed by atoms with Gasteiger partial charge in [0.15, 0.2) is 6.10 Å². The van der Waals surface area contributed by atoms with Crippen LogP contribution in [0.2, 0.25) is 0 Å². The molecule has 6 nitrogen and oxygen atoms in total. The second-order valence-corrected chi connectivity index (χ2v) is 4.06. The molecule has 2 amide bonds. The third kappa shape index (κ3) is 2.02. The topological polar surface area (TPSA) is 92.9 Å². The highest BCUT2D eigenvalue weighted by Gasteiger charge is 2.35. The molecule has 1 aromatic rings. The van der Waals surface area contributed by atoms with E-state index in [0.717, 1.165) is 10.5 Å². The molecule has 2 rings (SSSR count). The molecular weight excluding hydrogens is 236 g/mol. The van der Waals surface area contributed by atoms with Crippen LogP contribution in [0.15, 0.2) is 18.2 Å². The summed E-state index contributed by atoms with van der Waals surface area (Å²) in [5.74, 6) is -0.190. The number of benzene rings is 1. The van der Waals surface area contributed by atoms with Crippen molar-refractivity contribution in [2.24, 2.45) is 5.73 Å². The van der Waals surface area contributed by atoms with Gasteiger partial charge in [0, 0.05) is 0 Å². The molecule has 1 atom stereocenters. The molecule has 0 bridgehead atoms. The van der Waals surface area contributed by atoms with Crippen molar-refractivity contribution in [2.45, 2.75) is 19.4 Å². The minimum Gasteiger partial charge on any atom is -0.479 e. The molecule has 0 spiro atoms. The largest absolute Gasteiger partial charge is 0.479 e. The lowest BCUT2D eigenvalue weighted by Gasteiger charge is -2.30. The monoisotopic (exact) mass is 250 g/mol. The zero-order chi connectivity index (χ0) is 13.3. The molecule has 0 fully saturated rings. The lowest BCUT2D eigenvalue weighted by Crippen LogP contribution is -2.47. The van der Waals surface area contributed by atoms with Gasteiger partial charge in [-0.2, -0.15) is 0 Å². The van der Waals surface area contributed by atoms with Crippen LogP contribution in [0, 0.1) is 0 Å². The summed E-state index contributed by atoms with van der Waals surface area (Å²) in [5.41, 5.74) is 6.58. The van der Waals surface area contributed by atoms with Crippen LogP contribution >= 0.6 is 0 Å². The SMILES string of the molecule is CC1Oc2ccc(CCN)cc2N(C(=O)O)C1=O. The number of nitrogens with two attached hydrogens (primary N) is 1. The van der Waals surface area contributed by atoms with Crippen LogP contribution in [0.5, 0.6) is 5.75 Å². The second-order valence-electron chi connectivity index (χ2n) is 4.06. The number of imide groups is 1. The minimum atomic E-state index is -1.30. The Morgan fingerprint density at radius 1 is 1.56 bits per heavy atom. The number of anilines is 1. The molecule has 96 valence electrons. The molecule has 0 saturated carbocycles. The molecule has 1 aliphatic rings. The Morgan fingerprint density at radius 2 is 2.28 bits per heavy atom. The van der Waals surface area contributed by atoms with E-state index in [4.69, 9.17) is 15.6 Å².